The zero-order valence-electron chi connectivity index (χ0n) is 11.0. The Balaban J connectivity index is 2.71. The van der Waals surface area contributed by atoms with Crippen LogP contribution in [0.5, 0.6) is 0 Å². The Hall–Kier alpha value is -0.570. The lowest BCUT2D eigenvalue weighted by atomic mass is 9.74. The summed E-state index contributed by atoms with van der Waals surface area (Å²) in [6.07, 6.45) is 5.21. The van der Waals surface area contributed by atoms with E-state index in [-0.39, 0.29) is 5.41 Å². The molecule has 1 fully saturated rings. The van der Waals surface area contributed by atoms with Crippen LogP contribution >= 0.6 is 0 Å². The van der Waals surface area contributed by atoms with E-state index in [2.05, 4.69) is 19.2 Å². The van der Waals surface area contributed by atoms with Crippen molar-refractivity contribution >= 4 is 5.91 Å². The van der Waals surface area contributed by atoms with Crippen molar-refractivity contribution in [2.45, 2.75) is 46.0 Å². The van der Waals surface area contributed by atoms with Crippen molar-refractivity contribution in [3.63, 3.8) is 0 Å². The first-order valence-electron chi connectivity index (χ1n) is 6.62. The SMILES string of the molecule is CCCN(C)C(=O)C1(CCC)CCNCC1. The van der Waals surface area contributed by atoms with Gasteiger partial charge in [0, 0.05) is 13.6 Å². The lowest BCUT2D eigenvalue weighted by molar-refractivity contribution is -0.143. The molecule has 0 saturated carbocycles. The highest BCUT2D eigenvalue weighted by Gasteiger charge is 2.39. The fourth-order valence-corrected chi connectivity index (χ4v) is 2.80. The second-order valence-electron chi connectivity index (χ2n) is 5.01. The van der Waals surface area contributed by atoms with Crippen molar-refractivity contribution in [2.24, 2.45) is 5.41 Å². The first-order chi connectivity index (χ1) is 7.66. The molecule has 3 nitrogen and oxygen atoms in total. The molecule has 0 spiro atoms. The molecule has 1 aliphatic heterocycles. The number of hydrogen-bond acceptors (Lipinski definition) is 2. The smallest absolute Gasteiger partial charge is 0.228 e. The van der Waals surface area contributed by atoms with Crippen LogP contribution in [0.2, 0.25) is 0 Å². The summed E-state index contributed by atoms with van der Waals surface area (Å²) in [5.41, 5.74) is -0.0656. The average Bonchev–Trinajstić information content (AvgIpc) is 2.30. The molecule has 16 heavy (non-hydrogen) atoms. The number of carbonyl (C=O) groups is 1. The Morgan fingerprint density at radius 2 is 1.88 bits per heavy atom. The molecule has 0 aliphatic carbocycles. The van der Waals surface area contributed by atoms with E-state index in [0.29, 0.717) is 5.91 Å². The van der Waals surface area contributed by atoms with Crippen LogP contribution in [0.1, 0.15) is 46.0 Å². The summed E-state index contributed by atoms with van der Waals surface area (Å²) >= 11 is 0. The van der Waals surface area contributed by atoms with Gasteiger partial charge in [0.15, 0.2) is 0 Å². The fourth-order valence-electron chi connectivity index (χ4n) is 2.80. The third-order valence-corrected chi connectivity index (χ3v) is 3.65. The van der Waals surface area contributed by atoms with Crippen molar-refractivity contribution < 1.29 is 4.79 Å². The van der Waals surface area contributed by atoms with E-state index >= 15 is 0 Å². The molecule has 3 heteroatoms. The standard InChI is InChI=1S/C13H26N2O/c1-4-6-13(7-9-14-10-8-13)12(16)15(3)11-5-2/h14H,4-11H2,1-3H3. The van der Waals surface area contributed by atoms with Crippen LogP contribution in [0, 0.1) is 5.41 Å². The molecule has 0 unspecified atom stereocenters. The monoisotopic (exact) mass is 226 g/mol. The lowest BCUT2D eigenvalue weighted by Crippen LogP contribution is -2.48. The highest BCUT2D eigenvalue weighted by molar-refractivity contribution is 5.82. The molecule has 94 valence electrons. The van der Waals surface area contributed by atoms with Gasteiger partial charge in [0.1, 0.15) is 0 Å². The minimum Gasteiger partial charge on any atom is -0.345 e. The second-order valence-corrected chi connectivity index (χ2v) is 5.01. The van der Waals surface area contributed by atoms with E-state index in [9.17, 15) is 4.79 Å². The highest BCUT2D eigenvalue weighted by atomic mass is 16.2. The van der Waals surface area contributed by atoms with Crippen LogP contribution in [0.15, 0.2) is 0 Å². The van der Waals surface area contributed by atoms with Crippen LogP contribution in [-0.2, 0) is 4.79 Å². The van der Waals surface area contributed by atoms with E-state index in [1.54, 1.807) is 0 Å². The summed E-state index contributed by atoms with van der Waals surface area (Å²) in [5.74, 6) is 0.373. The maximum Gasteiger partial charge on any atom is 0.228 e. The molecule has 0 atom stereocenters. The molecule has 0 bridgehead atoms. The van der Waals surface area contributed by atoms with E-state index in [1.165, 1.54) is 0 Å². The third kappa shape index (κ3) is 2.97. The van der Waals surface area contributed by atoms with E-state index in [4.69, 9.17) is 0 Å². The number of rotatable bonds is 5. The van der Waals surface area contributed by atoms with Crippen molar-refractivity contribution in [1.29, 1.82) is 0 Å². The van der Waals surface area contributed by atoms with Crippen molar-refractivity contribution in [1.82, 2.24) is 10.2 Å². The lowest BCUT2D eigenvalue weighted by Gasteiger charge is -2.39. The normalized spacial score (nSPS) is 19.4. The molecule has 1 aliphatic rings. The van der Waals surface area contributed by atoms with Gasteiger partial charge in [-0.1, -0.05) is 20.3 Å². The zero-order valence-corrected chi connectivity index (χ0v) is 11.0. The minimum absolute atomic E-state index is 0.0656. The van der Waals surface area contributed by atoms with Gasteiger partial charge in [-0.2, -0.15) is 0 Å². The van der Waals surface area contributed by atoms with Gasteiger partial charge < -0.3 is 10.2 Å². The van der Waals surface area contributed by atoms with Crippen LogP contribution in [0.4, 0.5) is 0 Å². The topological polar surface area (TPSA) is 32.3 Å². The second kappa shape index (κ2) is 6.24. The average molecular weight is 226 g/mol. The molecule has 1 N–H and O–H groups in total. The molecule has 0 aromatic heterocycles. The Morgan fingerprint density at radius 1 is 1.25 bits per heavy atom. The number of carbonyl (C=O) groups excluding carboxylic acids is 1. The van der Waals surface area contributed by atoms with Gasteiger partial charge >= 0.3 is 0 Å². The first kappa shape index (κ1) is 13.5. The molecule has 1 rings (SSSR count). The summed E-state index contributed by atoms with van der Waals surface area (Å²) < 4.78 is 0. The van der Waals surface area contributed by atoms with Gasteiger partial charge in [-0.3, -0.25) is 4.79 Å². The number of nitrogens with one attached hydrogen (secondary N) is 1. The minimum atomic E-state index is -0.0656. The molecule has 1 amide bonds. The molecule has 1 heterocycles. The van der Waals surface area contributed by atoms with Gasteiger partial charge in [0.05, 0.1) is 5.41 Å². The van der Waals surface area contributed by atoms with E-state index in [0.717, 1.165) is 51.7 Å². The number of nitrogens with zero attached hydrogens (tertiary/aromatic N) is 1. The molecule has 0 aromatic carbocycles. The predicted molar refractivity (Wildman–Crippen MR) is 67.4 cm³/mol. The van der Waals surface area contributed by atoms with Crippen LogP contribution in [0.25, 0.3) is 0 Å². The number of piperidine rings is 1. The maximum atomic E-state index is 12.5. The maximum absolute atomic E-state index is 12.5. The predicted octanol–water partition coefficient (Wildman–Crippen LogP) is 2.02. The van der Waals surface area contributed by atoms with Crippen molar-refractivity contribution in [3.8, 4) is 0 Å². The quantitative estimate of drug-likeness (QED) is 0.778. The third-order valence-electron chi connectivity index (χ3n) is 3.65. The van der Waals surface area contributed by atoms with Crippen LogP contribution in [-0.4, -0.2) is 37.5 Å². The number of hydrogen-bond donors (Lipinski definition) is 1. The Labute approximate surface area is 99.6 Å². The summed E-state index contributed by atoms with van der Waals surface area (Å²) in [6.45, 7) is 7.17. The molecule has 1 saturated heterocycles. The zero-order chi connectivity index (χ0) is 12.0. The summed E-state index contributed by atoms with van der Waals surface area (Å²) in [5, 5.41) is 3.35. The van der Waals surface area contributed by atoms with Gasteiger partial charge in [-0.05, 0) is 38.8 Å². The number of amides is 1. The molecular formula is C13H26N2O. The molecule has 0 aromatic rings. The van der Waals surface area contributed by atoms with Gasteiger partial charge in [0.25, 0.3) is 0 Å². The van der Waals surface area contributed by atoms with Crippen molar-refractivity contribution in [3.05, 3.63) is 0 Å². The summed E-state index contributed by atoms with van der Waals surface area (Å²) in [4.78, 5) is 14.4. The molecular weight excluding hydrogens is 200 g/mol. The Morgan fingerprint density at radius 3 is 2.38 bits per heavy atom. The summed E-state index contributed by atoms with van der Waals surface area (Å²) in [6, 6.07) is 0. The highest BCUT2D eigenvalue weighted by Crippen LogP contribution is 2.35. The fraction of sp³-hybridized carbons (Fsp3) is 0.923. The van der Waals surface area contributed by atoms with Gasteiger partial charge in [0.2, 0.25) is 5.91 Å². The van der Waals surface area contributed by atoms with Crippen LogP contribution in [0.3, 0.4) is 0 Å². The largest absolute Gasteiger partial charge is 0.345 e. The van der Waals surface area contributed by atoms with Crippen molar-refractivity contribution in [2.75, 3.05) is 26.7 Å². The van der Waals surface area contributed by atoms with E-state index < -0.39 is 0 Å². The summed E-state index contributed by atoms with van der Waals surface area (Å²) in [7, 11) is 1.95. The Kier molecular flexibility index (Phi) is 5.26. The van der Waals surface area contributed by atoms with Gasteiger partial charge in [-0.15, -0.1) is 0 Å². The Bertz CT molecular complexity index is 216. The molecule has 0 radical (unpaired) electrons. The van der Waals surface area contributed by atoms with Gasteiger partial charge in [-0.25, -0.2) is 0 Å². The first-order valence-corrected chi connectivity index (χ1v) is 6.62. The van der Waals surface area contributed by atoms with E-state index in [1.807, 2.05) is 11.9 Å². The van der Waals surface area contributed by atoms with Crippen LogP contribution < -0.4 is 5.32 Å².